The Morgan fingerprint density at radius 3 is 2.25 bits per heavy atom. The molecule has 1 unspecified atom stereocenters. The van der Waals surface area contributed by atoms with Crippen molar-refractivity contribution in [2.24, 2.45) is 10.4 Å². The Balaban J connectivity index is 4.95. The molecule has 0 rings (SSSR count). The maximum atomic E-state index is 4.00. The number of rotatable bonds is 2. The Morgan fingerprint density at radius 1 is 1.50 bits per heavy atom. The fourth-order valence-corrected chi connectivity index (χ4v) is 1.21. The Bertz CT molecular complexity index is 212. The SMILES string of the molecule is C=NC(C)C(=C=CC)C(C)(C)C. The average Bonchev–Trinajstić information content (AvgIpc) is 1.96. The minimum absolute atomic E-state index is 0.132. The number of nitrogens with zero attached hydrogens (tertiary/aromatic N) is 1. The molecule has 0 amide bonds. The van der Waals surface area contributed by atoms with Crippen LogP contribution in [0.3, 0.4) is 0 Å². The van der Waals surface area contributed by atoms with Crippen molar-refractivity contribution in [1.29, 1.82) is 0 Å². The number of aliphatic imine (C=N–C) groups is 1. The lowest BCUT2D eigenvalue weighted by Gasteiger charge is -2.23. The van der Waals surface area contributed by atoms with Crippen LogP contribution in [0.15, 0.2) is 22.4 Å². The zero-order valence-corrected chi connectivity index (χ0v) is 8.81. The molecule has 0 heterocycles. The van der Waals surface area contributed by atoms with Gasteiger partial charge in [0.1, 0.15) is 0 Å². The molecule has 0 saturated carbocycles. The summed E-state index contributed by atoms with van der Waals surface area (Å²) in [6, 6.07) is 0.168. The van der Waals surface area contributed by atoms with E-state index in [-0.39, 0.29) is 11.5 Å². The zero-order chi connectivity index (χ0) is 9.78. The van der Waals surface area contributed by atoms with Gasteiger partial charge < -0.3 is 0 Å². The molecule has 0 saturated heterocycles. The lowest BCUT2D eigenvalue weighted by atomic mass is 9.83. The third-order valence-electron chi connectivity index (χ3n) is 1.80. The van der Waals surface area contributed by atoms with E-state index >= 15 is 0 Å². The van der Waals surface area contributed by atoms with Crippen LogP contribution in [0, 0.1) is 5.41 Å². The van der Waals surface area contributed by atoms with Gasteiger partial charge in [0.05, 0.1) is 6.04 Å². The molecule has 1 heteroatoms. The fourth-order valence-electron chi connectivity index (χ4n) is 1.21. The van der Waals surface area contributed by atoms with Crippen molar-refractivity contribution < 1.29 is 0 Å². The summed E-state index contributed by atoms with van der Waals surface area (Å²) < 4.78 is 0. The van der Waals surface area contributed by atoms with Crippen molar-refractivity contribution in [2.45, 2.75) is 40.7 Å². The van der Waals surface area contributed by atoms with Gasteiger partial charge >= 0.3 is 0 Å². The van der Waals surface area contributed by atoms with E-state index in [0.29, 0.717) is 0 Å². The van der Waals surface area contributed by atoms with Gasteiger partial charge in [-0.05, 0) is 32.1 Å². The molecule has 1 atom stereocenters. The maximum absolute atomic E-state index is 4.00. The molecule has 12 heavy (non-hydrogen) atoms. The zero-order valence-electron chi connectivity index (χ0n) is 8.81. The molecular formula is C11H19N. The first kappa shape index (κ1) is 11.2. The average molecular weight is 165 g/mol. The Morgan fingerprint density at radius 2 is 2.00 bits per heavy atom. The predicted octanol–water partition coefficient (Wildman–Crippen LogP) is 3.22. The van der Waals surface area contributed by atoms with E-state index in [4.69, 9.17) is 0 Å². The molecule has 0 aromatic rings. The van der Waals surface area contributed by atoms with E-state index in [1.165, 1.54) is 5.57 Å². The second-order valence-electron chi connectivity index (χ2n) is 3.96. The molecule has 0 radical (unpaired) electrons. The summed E-state index contributed by atoms with van der Waals surface area (Å²) in [6.45, 7) is 14.1. The smallest absolute Gasteiger partial charge is 0.0752 e. The van der Waals surface area contributed by atoms with Crippen LogP contribution in [-0.2, 0) is 0 Å². The van der Waals surface area contributed by atoms with Crippen LogP contribution in [0.2, 0.25) is 0 Å². The van der Waals surface area contributed by atoms with Crippen molar-refractivity contribution >= 4 is 6.72 Å². The van der Waals surface area contributed by atoms with Gasteiger partial charge in [-0.1, -0.05) is 20.8 Å². The van der Waals surface area contributed by atoms with Gasteiger partial charge in [-0.2, -0.15) is 0 Å². The molecule has 68 valence electrons. The summed E-state index contributed by atoms with van der Waals surface area (Å²) in [5, 5.41) is 0. The lowest BCUT2D eigenvalue weighted by Crippen LogP contribution is -2.17. The summed E-state index contributed by atoms with van der Waals surface area (Å²) in [5.74, 6) is 0. The lowest BCUT2D eigenvalue weighted by molar-refractivity contribution is 0.472. The van der Waals surface area contributed by atoms with E-state index in [1.807, 2.05) is 19.9 Å². The highest BCUT2D eigenvalue weighted by molar-refractivity contribution is 5.28. The summed E-state index contributed by atoms with van der Waals surface area (Å²) >= 11 is 0. The van der Waals surface area contributed by atoms with Crippen LogP contribution < -0.4 is 0 Å². The third-order valence-corrected chi connectivity index (χ3v) is 1.80. The summed E-state index contributed by atoms with van der Waals surface area (Å²) in [5.41, 5.74) is 4.57. The summed E-state index contributed by atoms with van der Waals surface area (Å²) in [6.07, 6.45) is 1.93. The highest BCUT2D eigenvalue weighted by Gasteiger charge is 2.20. The molecule has 0 N–H and O–H groups in total. The molecule has 0 bridgehead atoms. The van der Waals surface area contributed by atoms with Crippen molar-refractivity contribution in [2.75, 3.05) is 0 Å². The van der Waals surface area contributed by atoms with Crippen molar-refractivity contribution in [3.05, 3.63) is 17.4 Å². The Kier molecular flexibility index (Phi) is 3.99. The van der Waals surface area contributed by atoms with E-state index in [9.17, 15) is 0 Å². The Labute approximate surface area is 75.9 Å². The minimum Gasteiger partial charge on any atom is -0.293 e. The normalized spacial score (nSPS) is 13.1. The van der Waals surface area contributed by atoms with Gasteiger partial charge in [-0.15, -0.1) is 5.73 Å². The van der Waals surface area contributed by atoms with Crippen molar-refractivity contribution in [3.8, 4) is 0 Å². The Hall–Kier alpha value is -0.810. The molecule has 0 aromatic carbocycles. The monoisotopic (exact) mass is 165 g/mol. The molecule has 0 spiro atoms. The van der Waals surface area contributed by atoms with Gasteiger partial charge in [0, 0.05) is 5.57 Å². The van der Waals surface area contributed by atoms with Crippen LogP contribution in [-0.4, -0.2) is 12.8 Å². The van der Waals surface area contributed by atoms with E-state index < -0.39 is 0 Å². The molecule has 1 nitrogen and oxygen atoms in total. The highest BCUT2D eigenvalue weighted by Crippen LogP contribution is 2.28. The number of hydrogen-bond acceptors (Lipinski definition) is 1. The summed E-state index contributed by atoms with van der Waals surface area (Å²) in [4.78, 5) is 4.00. The first-order chi connectivity index (χ1) is 5.43. The molecule has 0 aromatic heterocycles. The van der Waals surface area contributed by atoms with E-state index in [2.05, 4.69) is 38.2 Å². The quantitative estimate of drug-likeness (QED) is 0.440. The molecule has 0 aliphatic rings. The molecular weight excluding hydrogens is 146 g/mol. The van der Waals surface area contributed by atoms with Crippen molar-refractivity contribution in [1.82, 2.24) is 0 Å². The molecule has 0 fully saturated rings. The second-order valence-corrected chi connectivity index (χ2v) is 3.96. The van der Waals surface area contributed by atoms with Gasteiger partial charge in [0.15, 0.2) is 0 Å². The third kappa shape index (κ3) is 3.06. The number of hydrogen-bond donors (Lipinski definition) is 0. The largest absolute Gasteiger partial charge is 0.293 e. The first-order valence-corrected chi connectivity index (χ1v) is 4.31. The summed E-state index contributed by atoms with van der Waals surface area (Å²) in [7, 11) is 0. The van der Waals surface area contributed by atoms with E-state index in [0.717, 1.165) is 0 Å². The highest BCUT2D eigenvalue weighted by atomic mass is 14.7. The minimum atomic E-state index is 0.132. The van der Waals surface area contributed by atoms with Gasteiger partial charge in [0.25, 0.3) is 0 Å². The fraction of sp³-hybridized carbons (Fsp3) is 0.636. The predicted molar refractivity (Wildman–Crippen MR) is 55.7 cm³/mol. The standard InChI is InChI=1S/C11H19N/c1-7-8-10(9(2)12-6)11(3,4)5/h7,9H,6H2,1-5H3. The second kappa shape index (κ2) is 4.27. The van der Waals surface area contributed by atoms with Crippen LogP contribution in [0.5, 0.6) is 0 Å². The maximum Gasteiger partial charge on any atom is 0.0752 e. The van der Waals surface area contributed by atoms with Gasteiger partial charge in [0.2, 0.25) is 0 Å². The van der Waals surface area contributed by atoms with Crippen LogP contribution in [0.4, 0.5) is 0 Å². The van der Waals surface area contributed by atoms with Gasteiger partial charge in [-0.3, -0.25) is 4.99 Å². The topological polar surface area (TPSA) is 12.4 Å². The van der Waals surface area contributed by atoms with Crippen LogP contribution in [0.25, 0.3) is 0 Å². The van der Waals surface area contributed by atoms with Crippen LogP contribution in [0.1, 0.15) is 34.6 Å². The van der Waals surface area contributed by atoms with E-state index in [1.54, 1.807) is 0 Å². The van der Waals surface area contributed by atoms with Crippen molar-refractivity contribution in [3.63, 3.8) is 0 Å². The molecule has 0 aliphatic carbocycles. The molecule has 0 aliphatic heterocycles. The first-order valence-electron chi connectivity index (χ1n) is 4.31. The van der Waals surface area contributed by atoms with Crippen LogP contribution >= 0.6 is 0 Å². The van der Waals surface area contributed by atoms with Gasteiger partial charge in [-0.25, -0.2) is 0 Å².